The summed E-state index contributed by atoms with van der Waals surface area (Å²) in [6.07, 6.45) is 2.93. The largest absolute Gasteiger partial charge is 0.435 e. The normalized spacial score (nSPS) is 23.6. The fourth-order valence-electron chi connectivity index (χ4n) is 3.34. The average Bonchev–Trinajstić information content (AvgIpc) is 2.55. The van der Waals surface area contributed by atoms with Gasteiger partial charge in [-0.1, -0.05) is 6.07 Å². The van der Waals surface area contributed by atoms with Crippen LogP contribution in [0.15, 0.2) is 18.2 Å². The van der Waals surface area contributed by atoms with Gasteiger partial charge in [-0.15, -0.1) is 0 Å². The van der Waals surface area contributed by atoms with Gasteiger partial charge in [0.25, 0.3) is 0 Å². The highest BCUT2D eigenvalue weighted by molar-refractivity contribution is 5.77. The highest BCUT2D eigenvalue weighted by atomic mass is 19.3. The van der Waals surface area contributed by atoms with Crippen LogP contribution in [-0.2, 0) is 16.0 Å². The minimum atomic E-state index is -2.83. The van der Waals surface area contributed by atoms with Gasteiger partial charge in [0.1, 0.15) is 5.75 Å². The molecule has 1 fully saturated rings. The Hall–Kier alpha value is -1.73. The highest BCUT2D eigenvalue weighted by Crippen LogP contribution is 2.32. The van der Waals surface area contributed by atoms with Crippen LogP contribution < -0.4 is 15.4 Å². The SMILES string of the molecule is O=C(CC1COCCN1)NC1CCCc2cc(OC(F)F)ccc21. The lowest BCUT2D eigenvalue weighted by Crippen LogP contribution is -2.44. The third kappa shape index (κ3) is 4.42. The quantitative estimate of drug-likeness (QED) is 0.862. The first kappa shape index (κ1) is 17.1. The molecular weight excluding hydrogens is 318 g/mol. The lowest BCUT2D eigenvalue weighted by atomic mass is 9.87. The summed E-state index contributed by atoms with van der Waals surface area (Å²) in [6.45, 7) is -0.843. The van der Waals surface area contributed by atoms with E-state index < -0.39 is 6.61 Å². The van der Waals surface area contributed by atoms with Gasteiger partial charge in [-0.2, -0.15) is 8.78 Å². The number of carbonyl (C=O) groups excluding carboxylic acids is 1. The second-order valence-corrected chi connectivity index (χ2v) is 6.18. The number of carbonyl (C=O) groups is 1. The Labute approximate surface area is 139 Å². The molecule has 0 aromatic heterocycles. The molecule has 7 heteroatoms. The molecule has 1 heterocycles. The lowest BCUT2D eigenvalue weighted by Gasteiger charge is -2.28. The van der Waals surface area contributed by atoms with E-state index in [0.717, 1.165) is 36.9 Å². The number of alkyl halides is 2. The molecule has 0 radical (unpaired) electrons. The molecule has 1 aliphatic carbocycles. The second kappa shape index (κ2) is 7.90. The van der Waals surface area contributed by atoms with Crippen LogP contribution in [0.3, 0.4) is 0 Å². The number of halogens is 2. The van der Waals surface area contributed by atoms with Crippen LogP contribution in [0.5, 0.6) is 5.75 Å². The average molecular weight is 340 g/mol. The van der Waals surface area contributed by atoms with Crippen LogP contribution >= 0.6 is 0 Å². The van der Waals surface area contributed by atoms with Crippen molar-refractivity contribution in [3.63, 3.8) is 0 Å². The molecule has 132 valence electrons. The summed E-state index contributed by atoms with van der Waals surface area (Å²) in [4.78, 5) is 12.3. The number of morpholine rings is 1. The first-order chi connectivity index (χ1) is 11.6. The van der Waals surface area contributed by atoms with E-state index in [9.17, 15) is 13.6 Å². The Morgan fingerprint density at radius 2 is 2.33 bits per heavy atom. The smallest absolute Gasteiger partial charge is 0.387 e. The fourth-order valence-corrected chi connectivity index (χ4v) is 3.34. The number of benzene rings is 1. The van der Waals surface area contributed by atoms with Crippen LogP contribution in [0, 0.1) is 0 Å². The van der Waals surface area contributed by atoms with Crippen LogP contribution in [0.1, 0.15) is 36.4 Å². The number of fused-ring (bicyclic) bond motifs is 1. The molecule has 5 nitrogen and oxygen atoms in total. The molecule has 3 rings (SSSR count). The molecular formula is C17H22F2N2O3. The zero-order valence-electron chi connectivity index (χ0n) is 13.4. The number of hydrogen-bond donors (Lipinski definition) is 2. The second-order valence-electron chi connectivity index (χ2n) is 6.18. The van der Waals surface area contributed by atoms with Gasteiger partial charge in [-0.3, -0.25) is 4.79 Å². The standard InChI is InChI=1S/C17H22F2N2O3/c18-17(19)24-13-4-5-14-11(8-13)2-1-3-15(14)21-16(22)9-12-10-23-7-6-20-12/h4-5,8,12,15,17,20H,1-3,6-7,9-10H2,(H,21,22). The Morgan fingerprint density at radius 3 is 3.08 bits per heavy atom. The van der Waals surface area contributed by atoms with E-state index in [4.69, 9.17) is 4.74 Å². The molecule has 0 saturated carbocycles. The minimum Gasteiger partial charge on any atom is -0.435 e. The topological polar surface area (TPSA) is 59.6 Å². The lowest BCUT2D eigenvalue weighted by molar-refractivity contribution is -0.123. The molecule has 1 saturated heterocycles. The fraction of sp³-hybridized carbons (Fsp3) is 0.588. The van der Waals surface area contributed by atoms with Crippen LogP contribution in [0.2, 0.25) is 0 Å². The van der Waals surface area contributed by atoms with E-state index in [1.54, 1.807) is 12.1 Å². The minimum absolute atomic E-state index is 0.0243. The van der Waals surface area contributed by atoms with Crippen molar-refractivity contribution in [3.8, 4) is 5.75 Å². The van der Waals surface area contributed by atoms with Crippen molar-refractivity contribution < 1.29 is 23.0 Å². The molecule has 2 atom stereocenters. The third-order valence-electron chi connectivity index (χ3n) is 4.42. The number of hydrogen-bond acceptors (Lipinski definition) is 4. The number of ether oxygens (including phenoxy) is 2. The van der Waals surface area contributed by atoms with Gasteiger partial charge in [-0.05, 0) is 42.5 Å². The zero-order valence-corrected chi connectivity index (χ0v) is 13.4. The summed E-state index contributed by atoms with van der Waals surface area (Å²) in [5.41, 5.74) is 1.95. The van der Waals surface area contributed by atoms with E-state index in [-0.39, 0.29) is 23.7 Å². The number of aryl methyl sites for hydroxylation is 1. The maximum Gasteiger partial charge on any atom is 0.387 e. The summed E-state index contributed by atoms with van der Waals surface area (Å²) in [5.74, 6) is 0.142. The number of rotatable bonds is 5. The predicted molar refractivity (Wildman–Crippen MR) is 84.1 cm³/mol. The number of nitrogens with one attached hydrogen (secondary N) is 2. The Bertz CT molecular complexity index is 577. The van der Waals surface area contributed by atoms with Crippen molar-refractivity contribution in [1.82, 2.24) is 10.6 Å². The molecule has 2 N–H and O–H groups in total. The van der Waals surface area contributed by atoms with Gasteiger partial charge < -0.3 is 20.1 Å². The summed E-state index contributed by atoms with van der Waals surface area (Å²) in [5, 5.41) is 6.32. The van der Waals surface area contributed by atoms with Crippen molar-refractivity contribution >= 4 is 5.91 Å². The molecule has 2 unspecified atom stereocenters. The van der Waals surface area contributed by atoms with E-state index in [2.05, 4.69) is 15.4 Å². The summed E-state index contributed by atoms with van der Waals surface area (Å²) in [7, 11) is 0. The van der Waals surface area contributed by atoms with Gasteiger partial charge in [0.15, 0.2) is 0 Å². The highest BCUT2D eigenvalue weighted by Gasteiger charge is 2.24. The molecule has 2 aliphatic rings. The van der Waals surface area contributed by atoms with E-state index in [0.29, 0.717) is 19.6 Å². The van der Waals surface area contributed by atoms with Crippen molar-refractivity contribution in [1.29, 1.82) is 0 Å². The molecule has 24 heavy (non-hydrogen) atoms. The maximum absolute atomic E-state index is 12.3. The van der Waals surface area contributed by atoms with Crippen molar-refractivity contribution in [2.24, 2.45) is 0 Å². The van der Waals surface area contributed by atoms with Gasteiger partial charge in [0, 0.05) is 19.0 Å². The van der Waals surface area contributed by atoms with Crippen molar-refractivity contribution in [2.45, 2.75) is 44.4 Å². The Balaban J connectivity index is 1.62. The monoisotopic (exact) mass is 340 g/mol. The van der Waals surface area contributed by atoms with Crippen LogP contribution in [0.4, 0.5) is 8.78 Å². The van der Waals surface area contributed by atoms with Gasteiger partial charge >= 0.3 is 6.61 Å². The molecule has 1 aromatic rings. The zero-order chi connectivity index (χ0) is 16.9. The predicted octanol–water partition coefficient (Wildman–Crippen LogP) is 2.16. The Morgan fingerprint density at radius 1 is 1.46 bits per heavy atom. The Kier molecular flexibility index (Phi) is 5.63. The van der Waals surface area contributed by atoms with E-state index in [1.807, 2.05) is 0 Å². The molecule has 0 spiro atoms. The first-order valence-corrected chi connectivity index (χ1v) is 8.30. The maximum atomic E-state index is 12.3. The third-order valence-corrected chi connectivity index (χ3v) is 4.42. The van der Waals surface area contributed by atoms with E-state index >= 15 is 0 Å². The van der Waals surface area contributed by atoms with Crippen molar-refractivity contribution in [3.05, 3.63) is 29.3 Å². The van der Waals surface area contributed by atoms with Gasteiger partial charge in [-0.25, -0.2) is 0 Å². The summed E-state index contributed by atoms with van der Waals surface area (Å²) < 4.78 is 34.5. The molecule has 1 aromatic carbocycles. The van der Waals surface area contributed by atoms with Crippen LogP contribution in [-0.4, -0.2) is 38.3 Å². The molecule has 0 bridgehead atoms. The van der Waals surface area contributed by atoms with E-state index in [1.165, 1.54) is 6.07 Å². The van der Waals surface area contributed by atoms with Gasteiger partial charge in [0.2, 0.25) is 5.91 Å². The molecule has 1 aliphatic heterocycles. The van der Waals surface area contributed by atoms with Crippen LogP contribution in [0.25, 0.3) is 0 Å². The first-order valence-electron chi connectivity index (χ1n) is 8.30. The summed E-state index contributed by atoms with van der Waals surface area (Å²) >= 11 is 0. The van der Waals surface area contributed by atoms with Crippen molar-refractivity contribution in [2.75, 3.05) is 19.8 Å². The molecule has 1 amide bonds. The van der Waals surface area contributed by atoms with Gasteiger partial charge in [0.05, 0.1) is 19.3 Å². The number of amides is 1. The summed E-state index contributed by atoms with van der Waals surface area (Å²) in [6, 6.07) is 4.93.